The molecule has 0 atom stereocenters. The number of amides is 1. The summed E-state index contributed by atoms with van der Waals surface area (Å²) in [6, 6.07) is 1.87. The summed E-state index contributed by atoms with van der Waals surface area (Å²) in [4.78, 5) is 22.7. The molecule has 128 valence electrons. The van der Waals surface area contributed by atoms with Crippen molar-refractivity contribution >= 4 is 22.0 Å². The Morgan fingerprint density at radius 1 is 1.38 bits per heavy atom. The van der Waals surface area contributed by atoms with Gasteiger partial charge in [-0.15, -0.1) is 0 Å². The Balaban J connectivity index is 2.29. The number of aromatic nitrogens is 3. The minimum absolute atomic E-state index is 0.0886. The molecular formula is C13H10BrF3N4O3. The first-order chi connectivity index (χ1) is 11.3. The number of nitrogens with two attached hydrogens (primary N) is 1. The van der Waals surface area contributed by atoms with Crippen molar-refractivity contribution in [2.24, 2.45) is 5.73 Å². The zero-order valence-electron chi connectivity index (χ0n) is 11.9. The molecular weight excluding hydrogens is 397 g/mol. The van der Waals surface area contributed by atoms with Gasteiger partial charge in [-0.25, -0.2) is 32.0 Å². The summed E-state index contributed by atoms with van der Waals surface area (Å²) in [7, 11) is 0. The molecule has 0 aliphatic carbocycles. The third-order valence-corrected chi connectivity index (χ3v) is 3.64. The molecule has 0 bridgehead atoms. The Morgan fingerprint density at radius 2 is 2.00 bits per heavy atom. The highest BCUT2D eigenvalue weighted by atomic mass is 79.9. The van der Waals surface area contributed by atoms with Crippen molar-refractivity contribution in [3.05, 3.63) is 57.0 Å². The van der Waals surface area contributed by atoms with Gasteiger partial charge in [-0.3, -0.25) is 0 Å². The number of nitrogens with zero attached hydrogens (tertiary/aromatic N) is 3. The highest BCUT2D eigenvalue weighted by Gasteiger charge is 2.14. The molecule has 7 nitrogen and oxygen atoms in total. The molecule has 1 aromatic carbocycles. The number of hydrogen-bond acceptors (Lipinski definition) is 4. The number of primary amides is 1. The highest BCUT2D eigenvalue weighted by molar-refractivity contribution is 9.10. The predicted molar refractivity (Wildman–Crippen MR) is 80.2 cm³/mol. The molecule has 0 aliphatic heterocycles. The topological polar surface area (TPSA) is 92.1 Å². The Morgan fingerprint density at radius 3 is 2.54 bits per heavy atom. The minimum atomic E-state index is -1.10. The number of halogens is 4. The van der Waals surface area contributed by atoms with Gasteiger partial charge in [0.1, 0.15) is 24.6 Å². The van der Waals surface area contributed by atoms with Gasteiger partial charge in [0.25, 0.3) is 0 Å². The fourth-order valence-electron chi connectivity index (χ4n) is 1.77. The smallest absolute Gasteiger partial charge is 0.404 e. The van der Waals surface area contributed by atoms with Crippen LogP contribution in [0.15, 0.2) is 39.6 Å². The second-order valence-electron chi connectivity index (χ2n) is 4.54. The Labute approximate surface area is 141 Å². The highest BCUT2D eigenvalue weighted by Crippen LogP contribution is 2.22. The van der Waals surface area contributed by atoms with Crippen LogP contribution in [0.2, 0.25) is 0 Å². The molecule has 0 spiro atoms. The average molecular weight is 407 g/mol. The Hall–Kier alpha value is -2.56. The Bertz CT molecular complexity index is 839. The Kier molecular flexibility index (Phi) is 5.44. The van der Waals surface area contributed by atoms with Crippen molar-refractivity contribution in [1.82, 2.24) is 14.3 Å². The van der Waals surface area contributed by atoms with Crippen molar-refractivity contribution in [1.29, 1.82) is 0 Å². The predicted octanol–water partition coefficient (Wildman–Crippen LogP) is 2.02. The van der Waals surface area contributed by atoms with Gasteiger partial charge >= 0.3 is 11.8 Å². The van der Waals surface area contributed by atoms with Crippen LogP contribution in [0.4, 0.5) is 18.0 Å². The molecule has 1 heterocycles. The second-order valence-corrected chi connectivity index (χ2v) is 5.33. The van der Waals surface area contributed by atoms with Crippen LogP contribution in [0.5, 0.6) is 0 Å². The fraction of sp³-hybridized carbons (Fsp3) is 0.154. The maximum atomic E-state index is 13.6. The molecule has 24 heavy (non-hydrogen) atoms. The lowest BCUT2D eigenvalue weighted by Gasteiger charge is -2.05. The lowest BCUT2D eigenvalue weighted by molar-refractivity contribution is 0.164. The van der Waals surface area contributed by atoms with Gasteiger partial charge in [0.05, 0.1) is 23.0 Å². The molecule has 0 radical (unpaired) electrons. The van der Waals surface area contributed by atoms with E-state index < -0.39 is 30.0 Å². The summed E-state index contributed by atoms with van der Waals surface area (Å²) in [5, 5.41) is 3.72. The summed E-state index contributed by atoms with van der Waals surface area (Å²) in [5.41, 5.74) is 3.81. The van der Waals surface area contributed by atoms with E-state index in [1.165, 1.54) is 0 Å². The van der Waals surface area contributed by atoms with E-state index in [1.54, 1.807) is 0 Å². The van der Waals surface area contributed by atoms with Crippen LogP contribution >= 0.6 is 15.9 Å². The molecule has 1 amide bonds. The van der Waals surface area contributed by atoms with Crippen molar-refractivity contribution in [3.8, 4) is 5.69 Å². The van der Waals surface area contributed by atoms with Crippen molar-refractivity contribution in [3.63, 3.8) is 0 Å². The van der Waals surface area contributed by atoms with Gasteiger partial charge < -0.3 is 10.5 Å². The molecule has 2 rings (SSSR count). The number of carbonyl (C=O) groups is 1. The minimum Gasteiger partial charge on any atom is -0.445 e. The molecule has 2 N–H and O–H groups in total. The third kappa shape index (κ3) is 3.85. The lowest BCUT2D eigenvalue weighted by Crippen LogP contribution is -2.26. The second kappa shape index (κ2) is 7.34. The van der Waals surface area contributed by atoms with Gasteiger partial charge in [-0.1, -0.05) is 0 Å². The summed E-state index contributed by atoms with van der Waals surface area (Å²) < 4.78 is 45.6. The largest absolute Gasteiger partial charge is 0.445 e. The van der Waals surface area contributed by atoms with Crippen LogP contribution in [0, 0.1) is 11.6 Å². The summed E-state index contributed by atoms with van der Waals surface area (Å²) in [6.07, 6.45) is 0.0656. The summed E-state index contributed by atoms with van der Waals surface area (Å²) in [5.74, 6) is -1.80. The van der Waals surface area contributed by atoms with E-state index >= 15 is 0 Å². The van der Waals surface area contributed by atoms with E-state index in [4.69, 9.17) is 5.73 Å². The molecule has 0 aliphatic rings. The van der Waals surface area contributed by atoms with E-state index in [0.29, 0.717) is 0 Å². The number of ether oxygens (including phenoxy) is 1. The molecule has 1 aromatic heterocycles. The quantitative estimate of drug-likeness (QED) is 0.768. The fourth-order valence-corrected chi connectivity index (χ4v) is 2.00. The number of carbonyl (C=O) groups excluding carboxylic acids is 1. The molecule has 2 aromatic rings. The van der Waals surface area contributed by atoms with Crippen LogP contribution in [-0.2, 0) is 11.3 Å². The first-order valence-electron chi connectivity index (χ1n) is 6.33. The zero-order valence-corrected chi connectivity index (χ0v) is 13.5. The van der Waals surface area contributed by atoms with Crippen molar-refractivity contribution < 1.29 is 22.7 Å². The first kappa shape index (κ1) is 17.8. The van der Waals surface area contributed by atoms with Crippen LogP contribution in [0.25, 0.3) is 5.69 Å². The average Bonchev–Trinajstić information content (AvgIpc) is 2.89. The monoisotopic (exact) mass is 406 g/mol. The van der Waals surface area contributed by atoms with Crippen LogP contribution in [-0.4, -0.2) is 27.0 Å². The van der Waals surface area contributed by atoms with Gasteiger partial charge in [0.15, 0.2) is 0 Å². The third-order valence-electron chi connectivity index (χ3n) is 2.89. The number of hydrogen-bond donors (Lipinski definition) is 1. The van der Waals surface area contributed by atoms with Crippen LogP contribution < -0.4 is 11.4 Å². The van der Waals surface area contributed by atoms with Gasteiger partial charge in [0.2, 0.25) is 0 Å². The molecule has 0 unspecified atom stereocenters. The first-order valence-corrected chi connectivity index (χ1v) is 7.12. The number of benzene rings is 1. The molecule has 0 fully saturated rings. The maximum absolute atomic E-state index is 13.6. The number of rotatable bonds is 5. The normalized spacial score (nSPS) is 11.6. The lowest BCUT2D eigenvalue weighted by atomic mass is 10.3. The summed E-state index contributed by atoms with van der Waals surface area (Å²) in [6.45, 7) is -0.802. The standard InChI is InChI=1S/C13H10BrF3N4O3/c14-11-9(16)1-8(2-10(11)17)20-6-19-21(13(20)23)4-7(3-15)5-24-12(18)22/h1-3,6H,4-5H2,(H2,18,22)/b7-3+. The van der Waals surface area contributed by atoms with E-state index in [0.717, 1.165) is 27.7 Å². The van der Waals surface area contributed by atoms with Gasteiger partial charge in [-0.05, 0) is 28.1 Å². The van der Waals surface area contributed by atoms with Gasteiger partial charge in [0, 0.05) is 5.57 Å². The van der Waals surface area contributed by atoms with Crippen molar-refractivity contribution in [2.45, 2.75) is 6.54 Å². The van der Waals surface area contributed by atoms with E-state index in [-0.39, 0.29) is 28.6 Å². The van der Waals surface area contributed by atoms with Gasteiger partial charge in [-0.2, -0.15) is 5.10 Å². The molecule has 0 saturated heterocycles. The molecule has 0 saturated carbocycles. The summed E-state index contributed by atoms with van der Waals surface area (Å²) >= 11 is 2.72. The zero-order chi connectivity index (χ0) is 17.9. The van der Waals surface area contributed by atoms with Crippen LogP contribution in [0.1, 0.15) is 0 Å². The van der Waals surface area contributed by atoms with Crippen LogP contribution in [0.3, 0.4) is 0 Å². The van der Waals surface area contributed by atoms with E-state index in [2.05, 4.69) is 25.8 Å². The SMILES string of the molecule is NC(=O)OC/C(=C/F)Cn1ncn(-c2cc(F)c(Br)c(F)c2)c1=O. The van der Waals surface area contributed by atoms with E-state index in [9.17, 15) is 22.8 Å². The van der Waals surface area contributed by atoms with E-state index in [1.807, 2.05) is 0 Å². The van der Waals surface area contributed by atoms with Crippen molar-refractivity contribution in [2.75, 3.05) is 6.61 Å². The maximum Gasteiger partial charge on any atom is 0.404 e. The molecule has 11 heteroatoms.